The van der Waals surface area contributed by atoms with E-state index >= 15 is 0 Å². The van der Waals surface area contributed by atoms with E-state index in [2.05, 4.69) is 12.2 Å². The third kappa shape index (κ3) is 1.11. The van der Waals surface area contributed by atoms with Gasteiger partial charge in [0.1, 0.15) is 0 Å². The molecule has 0 bridgehead atoms. The van der Waals surface area contributed by atoms with Gasteiger partial charge in [-0.15, -0.1) is 0 Å². The summed E-state index contributed by atoms with van der Waals surface area (Å²) in [6, 6.07) is 6.63. The van der Waals surface area contributed by atoms with Crippen LogP contribution in [0.3, 0.4) is 0 Å². The molecule has 2 rings (SSSR count). The normalized spacial score (nSPS) is 10.5. The molecule has 5 nitrogen and oxygen atoms in total. The van der Waals surface area contributed by atoms with Crippen LogP contribution in [0.15, 0.2) is 28.7 Å². The van der Waals surface area contributed by atoms with Gasteiger partial charge < -0.3 is 4.42 Å². The number of para-hydroxylation sites is 2. The van der Waals surface area contributed by atoms with Crippen LogP contribution in [0.25, 0.3) is 11.1 Å². The molecule has 1 heterocycles. The second-order valence-electron chi connectivity index (χ2n) is 2.39. The van der Waals surface area contributed by atoms with E-state index in [1.807, 2.05) is 0 Å². The lowest BCUT2D eigenvalue weighted by Crippen LogP contribution is -2.07. The molecular weight excluding hydrogens is 192 g/mol. The van der Waals surface area contributed by atoms with Crippen LogP contribution in [0.4, 0.5) is 0 Å². The lowest BCUT2D eigenvalue weighted by molar-refractivity contribution is -0.540. The third-order valence-electron chi connectivity index (χ3n) is 1.63. The lowest BCUT2D eigenvalue weighted by atomic mass is 10.3. The van der Waals surface area contributed by atoms with Crippen molar-refractivity contribution in [2.45, 2.75) is 0 Å². The number of benzene rings is 1. The highest BCUT2D eigenvalue weighted by Crippen LogP contribution is 2.15. The lowest BCUT2D eigenvalue weighted by Gasteiger charge is -1.88. The minimum atomic E-state index is -0.603. The molecule has 1 aromatic heterocycles. The number of oxazole rings is 1. The summed E-state index contributed by atoms with van der Waals surface area (Å²) in [7, 11) is 0. The van der Waals surface area contributed by atoms with Gasteiger partial charge in [-0.25, -0.2) is 10.1 Å². The van der Waals surface area contributed by atoms with E-state index in [0.717, 1.165) is 4.68 Å². The molecule has 0 aliphatic rings. The van der Waals surface area contributed by atoms with Gasteiger partial charge >= 0.3 is 4.84 Å². The molecule has 6 heteroatoms. The van der Waals surface area contributed by atoms with Crippen LogP contribution >= 0.6 is 12.2 Å². The van der Waals surface area contributed by atoms with Crippen molar-refractivity contribution in [3.8, 4) is 0 Å². The molecule has 0 saturated carbocycles. The molecule has 1 aromatic carbocycles. The fourth-order valence-electron chi connectivity index (χ4n) is 1.11. The highest BCUT2D eigenvalue weighted by Gasteiger charge is 2.13. The van der Waals surface area contributed by atoms with Crippen LogP contribution in [0.2, 0.25) is 0 Å². The number of hydrogen-bond acceptors (Lipinski definition) is 4. The first-order valence-electron chi connectivity index (χ1n) is 3.45. The second kappa shape index (κ2) is 2.67. The Balaban J connectivity index is 2.95. The van der Waals surface area contributed by atoms with Crippen LogP contribution in [-0.2, 0) is 0 Å². The van der Waals surface area contributed by atoms with Gasteiger partial charge in [-0.1, -0.05) is 12.1 Å². The van der Waals surface area contributed by atoms with E-state index in [4.69, 9.17) is 4.42 Å². The Labute approximate surface area is 77.3 Å². The number of aromatic nitrogens is 1. The number of rotatable bonds is 1. The summed E-state index contributed by atoms with van der Waals surface area (Å²) in [6.45, 7) is 0. The predicted octanol–water partition coefficient (Wildman–Crippen LogP) is 2.00. The number of fused-ring (bicyclic) bond motifs is 1. The largest absolute Gasteiger partial charge is 0.425 e. The van der Waals surface area contributed by atoms with Crippen molar-refractivity contribution in [3.63, 3.8) is 0 Å². The van der Waals surface area contributed by atoms with Gasteiger partial charge in [-0.05, 0) is 29.0 Å². The van der Waals surface area contributed by atoms with Gasteiger partial charge in [0.15, 0.2) is 16.1 Å². The molecule has 0 fully saturated rings. The zero-order valence-corrected chi connectivity index (χ0v) is 7.15. The zero-order chi connectivity index (χ0) is 9.42. The molecule has 0 N–H and O–H groups in total. The molecule has 0 aliphatic carbocycles. The maximum absolute atomic E-state index is 10.5. The molecule has 0 radical (unpaired) electrons. The third-order valence-corrected chi connectivity index (χ3v) is 1.88. The van der Waals surface area contributed by atoms with Gasteiger partial charge in [0.05, 0.1) is 0 Å². The minimum Gasteiger partial charge on any atom is -0.425 e. The Hall–Kier alpha value is -1.69. The van der Waals surface area contributed by atoms with Crippen LogP contribution in [0, 0.1) is 15.0 Å². The highest BCUT2D eigenvalue weighted by molar-refractivity contribution is 7.71. The van der Waals surface area contributed by atoms with Crippen molar-refractivity contribution < 1.29 is 9.45 Å². The van der Waals surface area contributed by atoms with Crippen molar-refractivity contribution in [1.82, 2.24) is 4.68 Å². The van der Waals surface area contributed by atoms with Crippen molar-refractivity contribution in [2.24, 2.45) is 0 Å². The zero-order valence-electron chi connectivity index (χ0n) is 6.34. The van der Waals surface area contributed by atoms with E-state index < -0.39 is 5.03 Å². The van der Waals surface area contributed by atoms with E-state index in [1.54, 1.807) is 24.3 Å². The van der Waals surface area contributed by atoms with Gasteiger partial charge in [0.25, 0.3) is 0 Å². The Morgan fingerprint density at radius 2 is 2.15 bits per heavy atom. The molecule has 0 unspecified atom stereocenters. The molecule has 66 valence electrons. The first-order chi connectivity index (χ1) is 6.20. The monoisotopic (exact) mass is 196 g/mol. The average molecular weight is 196 g/mol. The number of nitro groups is 1. The molecule has 2 aromatic rings. The summed E-state index contributed by atoms with van der Waals surface area (Å²) in [5, 5.41) is 9.94. The maximum Gasteiger partial charge on any atom is 0.332 e. The van der Waals surface area contributed by atoms with Crippen LogP contribution < -0.4 is 0 Å². The fourth-order valence-corrected chi connectivity index (χ4v) is 1.36. The molecule has 0 spiro atoms. The van der Waals surface area contributed by atoms with E-state index in [-0.39, 0.29) is 4.84 Å². The standard InChI is InChI=1S/C7H4N2O3S/c10-9(11)8-5-3-1-2-4-6(5)12-7(8)13/h1-4H. The number of hydrogen-bond donors (Lipinski definition) is 0. The summed E-state index contributed by atoms with van der Waals surface area (Å²) < 4.78 is 5.74. The minimum absolute atomic E-state index is 0.147. The van der Waals surface area contributed by atoms with Crippen LogP contribution in [-0.4, -0.2) is 9.71 Å². The fraction of sp³-hybridized carbons (Fsp3) is 0. The average Bonchev–Trinajstić information content (AvgIpc) is 2.39. The Kier molecular flexibility index (Phi) is 1.63. The summed E-state index contributed by atoms with van der Waals surface area (Å²) in [4.78, 5) is 10.4. The molecule has 0 atom stereocenters. The molecular formula is C7H4N2O3S. The van der Waals surface area contributed by atoms with Crippen molar-refractivity contribution >= 4 is 23.3 Å². The second-order valence-corrected chi connectivity index (χ2v) is 2.73. The SMILES string of the molecule is O=[N+]([O-])n1c(=S)oc2ccccc21. The maximum atomic E-state index is 10.5. The van der Waals surface area contributed by atoms with Crippen molar-refractivity contribution in [2.75, 3.05) is 0 Å². The molecule has 0 aliphatic heterocycles. The first kappa shape index (κ1) is 7.93. The Morgan fingerprint density at radius 1 is 1.46 bits per heavy atom. The molecule has 0 amide bonds. The summed E-state index contributed by atoms with van der Waals surface area (Å²) >= 11 is 4.68. The van der Waals surface area contributed by atoms with E-state index in [1.165, 1.54) is 0 Å². The van der Waals surface area contributed by atoms with Crippen LogP contribution in [0.5, 0.6) is 0 Å². The summed E-state index contributed by atoms with van der Waals surface area (Å²) in [5.74, 6) is 0. The van der Waals surface area contributed by atoms with Crippen LogP contribution in [0.1, 0.15) is 0 Å². The first-order valence-corrected chi connectivity index (χ1v) is 3.86. The quantitative estimate of drug-likeness (QED) is 0.397. The highest BCUT2D eigenvalue weighted by atomic mass is 32.1. The summed E-state index contributed by atoms with van der Waals surface area (Å²) in [5.41, 5.74) is 0.793. The molecule has 13 heavy (non-hydrogen) atoms. The number of nitrogens with zero attached hydrogens (tertiary/aromatic N) is 2. The molecule has 0 saturated heterocycles. The van der Waals surface area contributed by atoms with Gasteiger partial charge in [0, 0.05) is 0 Å². The smallest absolute Gasteiger partial charge is 0.332 e. The van der Waals surface area contributed by atoms with E-state index in [9.17, 15) is 10.1 Å². The topological polar surface area (TPSA) is 61.2 Å². The van der Waals surface area contributed by atoms with Gasteiger partial charge in [-0.3, -0.25) is 0 Å². The predicted molar refractivity (Wildman–Crippen MR) is 47.4 cm³/mol. The van der Waals surface area contributed by atoms with Gasteiger partial charge in [0.2, 0.25) is 0 Å². The Morgan fingerprint density at radius 3 is 2.85 bits per heavy atom. The van der Waals surface area contributed by atoms with E-state index in [0.29, 0.717) is 11.1 Å². The van der Waals surface area contributed by atoms with Crippen molar-refractivity contribution in [3.05, 3.63) is 39.2 Å². The summed E-state index contributed by atoms with van der Waals surface area (Å²) in [6.07, 6.45) is 0. The van der Waals surface area contributed by atoms with Gasteiger partial charge in [-0.2, -0.15) is 0 Å². The van der Waals surface area contributed by atoms with Crippen molar-refractivity contribution in [1.29, 1.82) is 0 Å². The Bertz CT molecular complexity index is 528.